The fraction of sp³-hybridized carbons (Fsp3) is 0.800. The first-order valence-electron chi connectivity index (χ1n) is 2.84. The predicted molar refractivity (Wildman–Crippen MR) is 34.2 cm³/mol. The molecule has 0 aliphatic rings. The molecule has 0 spiro atoms. The Hall–Kier alpha value is -0.610. The molecule has 0 rings (SSSR count). The van der Waals surface area contributed by atoms with Gasteiger partial charge < -0.3 is 16.2 Å². The van der Waals surface area contributed by atoms with E-state index < -0.39 is 12.0 Å². The van der Waals surface area contributed by atoms with Crippen LogP contribution >= 0.6 is 0 Å². The largest absolute Gasteiger partial charge is 0.480 e. The lowest BCUT2D eigenvalue weighted by molar-refractivity contribution is -0.138. The maximum Gasteiger partial charge on any atom is 0.320 e. The van der Waals surface area contributed by atoms with Gasteiger partial charge in [0, 0.05) is 13.1 Å². The average molecular weight is 132 g/mol. The third kappa shape index (κ3) is 3.93. The second-order valence-corrected chi connectivity index (χ2v) is 1.80. The summed E-state index contributed by atoms with van der Waals surface area (Å²) in [5, 5.41) is 11.0. The number of carbonyl (C=O) groups is 1. The number of rotatable bonds is 4. The average Bonchev–Trinajstić information content (AvgIpc) is 1.82. The van der Waals surface area contributed by atoms with Crippen LogP contribution in [0.25, 0.3) is 0 Å². The van der Waals surface area contributed by atoms with Crippen molar-refractivity contribution in [1.82, 2.24) is 5.32 Å². The lowest BCUT2D eigenvalue weighted by Gasteiger charge is -2.05. The molecule has 0 aromatic heterocycles. The van der Waals surface area contributed by atoms with Gasteiger partial charge in [-0.05, 0) is 6.92 Å². The molecular weight excluding hydrogens is 120 g/mol. The molecule has 0 saturated heterocycles. The first kappa shape index (κ1) is 8.39. The van der Waals surface area contributed by atoms with Crippen LogP contribution in [-0.2, 0) is 4.79 Å². The number of aliphatic carboxylic acids is 1. The molecule has 0 radical (unpaired) electrons. The Labute approximate surface area is 54.0 Å². The molecule has 9 heavy (non-hydrogen) atoms. The van der Waals surface area contributed by atoms with Crippen molar-refractivity contribution >= 4 is 5.97 Å². The molecule has 54 valence electrons. The SMILES string of the molecule is C[C@H](NCCN)C(=O)O. The van der Waals surface area contributed by atoms with E-state index >= 15 is 0 Å². The molecule has 0 aromatic rings. The highest BCUT2D eigenvalue weighted by molar-refractivity contribution is 5.72. The number of hydrogen-bond acceptors (Lipinski definition) is 3. The van der Waals surface area contributed by atoms with Crippen LogP contribution in [0, 0.1) is 0 Å². The summed E-state index contributed by atoms with van der Waals surface area (Å²) >= 11 is 0. The molecule has 0 aromatic carbocycles. The van der Waals surface area contributed by atoms with Crippen LogP contribution in [0.3, 0.4) is 0 Å². The quantitative estimate of drug-likeness (QED) is 0.459. The highest BCUT2D eigenvalue weighted by Gasteiger charge is 2.06. The molecule has 4 N–H and O–H groups in total. The van der Waals surface area contributed by atoms with Gasteiger partial charge in [-0.1, -0.05) is 0 Å². The van der Waals surface area contributed by atoms with Crippen LogP contribution in [0.2, 0.25) is 0 Å². The maximum atomic E-state index is 10.1. The normalized spacial score (nSPS) is 13.1. The molecule has 1 atom stereocenters. The van der Waals surface area contributed by atoms with E-state index in [4.69, 9.17) is 10.8 Å². The third-order valence-electron chi connectivity index (χ3n) is 0.965. The smallest absolute Gasteiger partial charge is 0.320 e. The summed E-state index contributed by atoms with van der Waals surface area (Å²) in [7, 11) is 0. The summed E-state index contributed by atoms with van der Waals surface area (Å²) in [4.78, 5) is 10.1. The fourth-order valence-corrected chi connectivity index (χ4v) is 0.387. The van der Waals surface area contributed by atoms with Crippen LogP contribution in [-0.4, -0.2) is 30.2 Å². The second-order valence-electron chi connectivity index (χ2n) is 1.80. The number of carboxylic acid groups (broad SMARTS) is 1. The van der Waals surface area contributed by atoms with E-state index in [9.17, 15) is 4.79 Å². The van der Waals surface area contributed by atoms with Gasteiger partial charge in [0.05, 0.1) is 0 Å². The van der Waals surface area contributed by atoms with Gasteiger partial charge in [0.25, 0.3) is 0 Å². The van der Waals surface area contributed by atoms with Crippen molar-refractivity contribution in [2.45, 2.75) is 13.0 Å². The Morgan fingerprint density at radius 3 is 2.78 bits per heavy atom. The Kier molecular flexibility index (Phi) is 4.00. The van der Waals surface area contributed by atoms with Gasteiger partial charge in [-0.25, -0.2) is 0 Å². The Morgan fingerprint density at radius 1 is 1.89 bits per heavy atom. The molecule has 0 saturated carbocycles. The van der Waals surface area contributed by atoms with Gasteiger partial charge in [0.1, 0.15) is 6.04 Å². The van der Waals surface area contributed by atoms with Crippen molar-refractivity contribution in [1.29, 1.82) is 0 Å². The number of nitrogens with two attached hydrogens (primary N) is 1. The molecule has 0 unspecified atom stereocenters. The zero-order valence-corrected chi connectivity index (χ0v) is 5.42. The number of hydrogen-bond donors (Lipinski definition) is 3. The van der Waals surface area contributed by atoms with Crippen LogP contribution in [0.1, 0.15) is 6.92 Å². The molecule has 0 heterocycles. The molecular formula is C5H12N2O2. The van der Waals surface area contributed by atoms with Gasteiger partial charge in [-0.15, -0.1) is 0 Å². The van der Waals surface area contributed by atoms with E-state index in [1.807, 2.05) is 0 Å². The molecule has 0 bridgehead atoms. The fourth-order valence-electron chi connectivity index (χ4n) is 0.387. The molecule has 0 amide bonds. The van der Waals surface area contributed by atoms with E-state index in [1.54, 1.807) is 6.92 Å². The van der Waals surface area contributed by atoms with Gasteiger partial charge >= 0.3 is 5.97 Å². The van der Waals surface area contributed by atoms with Gasteiger partial charge in [-0.3, -0.25) is 4.79 Å². The van der Waals surface area contributed by atoms with E-state index in [-0.39, 0.29) is 0 Å². The Bertz CT molecular complexity index is 95.0. The summed E-state index contributed by atoms with van der Waals surface area (Å²) in [6.07, 6.45) is 0. The van der Waals surface area contributed by atoms with Crippen LogP contribution < -0.4 is 11.1 Å². The van der Waals surface area contributed by atoms with E-state index in [0.29, 0.717) is 13.1 Å². The third-order valence-corrected chi connectivity index (χ3v) is 0.965. The first-order chi connectivity index (χ1) is 4.18. The monoisotopic (exact) mass is 132 g/mol. The highest BCUT2D eigenvalue weighted by atomic mass is 16.4. The van der Waals surface area contributed by atoms with Crippen LogP contribution in [0.4, 0.5) is 0 Å². The molecule has 0 fully saturated rings. The zero-order valence-electron chi connectivity index (χ0n) is 5.42. The van der Waals surface area contributed by atoms with Crippen LogP contribution in [0.5, 0.6) is 0 Å². The van der Waals surface area contributed by atoms with E-state index in [2.05, 4.69) is 5.32 Å². The maximum absolute atomic E-state index is 10.1. The molecule has 4 nitrogen and oxygen atoms in total. The molecule has 4 heteroatoms. The minimum absolute atomic E-state index is 0.470. The zero-order chi connectivity index (χ0) is 7.28. The van der Waals surface area contributed by atoms with E-state index in [0.717, 1.165) is 0 Å². The topological polar surface area (TPSA) is 75.3 Å². The molecule has 0 aliphatic carbocycles. The second kappa shape index (κ2) is 4.29. The Morgan fingerprint density at radius 2 is 2.44 bits per heavy atom. The minimum Gasteiger partial charge on any atom is -0.480 e. The summed E-state index contributed by atoms with van der Waals surface area (Å²) in [6.45, 7) is 2.60. The Balaban J connectivity index is 3.27. The summed E-state index contributed by atoms with van der Waals surface area (Å²) < 4.78 is 0. The standard InChI is InChI=1S/C5H12N2O2/c1-4(5(8)9)7-3-2-6/h4,7H,2-3,6H2,1H3,(H,8,9)/t4-/m0/s1. The van der Waals surface area contributed by atoms with Crippen molar-refractivity contribution < 1.29 is 9.90 Å². The lowest BCUT2D eigenvalue weighted by atomic mass is 10.3. The van der Waals surface area contributed by atoms with Crippen molar-refractivity contribution in [2.75, 3.05) is 13.1 Å². The predicted octanol–water partition coefficient (Wildman–Crippen LogP) is -0.992. The van der Waals surface area contributed by atoms with Crippen molar-refractivity contribution in [3.8, 4) is 0 Å². The minimum atomic E-state index is -0.844. The van der Waals surface area contributed by atoms with Gasteiger partial charge in [0.2, 0.25) is 0 Å². The number of nitrogens with one attached hydrogen (secondary N) is 1. The van der Waals surface area contributed by atoms with Crippen molar-refractivity contribution in [2.24, 2.45) is 5.73 Å². The highest BCUT2D eigenvalue weighted by Crippen LogP contribution is 1.77. The van der Waals surface area contributed by atoms with Crippen LogP contribution in [0.15, 0.2) is 0 Å². The van der Waals surface area contributed by atoms with E-state index in [1.165, 1.54) is 0 Å². The summed E-state index contributed by atoms with van der Waals surface area (Å²) in [5.41, 5.74) is 5.12. The lowest BCUT2D eigenvalue weighted by Crippen LogP contribution is -2.36. The van der Waals surface area contributed by atoms with Crippen molar-refractivity contribution in [3.63, 3.8) is 0 Å². The van der Waals surface area contributed by atoms with Gasteiger partial charge in [0.15, 0.2) is 0 Å². The molecule has 0 aliphatic heterocycles. The summed E-state index contributed by atoms with van der Waals surface area (Å²) in [5.74, 6) is -0.844. The van der Waals surface area contributed by atoms with Crippen molar-refractivity contribution in [3.05, 3.63) is 0 Å². The first-order valence-corrected chi connectivity index (χ1v) is 2.84. The summed E-state index contributed by atoms with van der Waals surface area (Å²) in [6, 6.07) is -0.492. The van der Waals surface area contributed by atoms with Gasteiger partial charge in [-0.2, -0.15) is 0 Å². The number of carboxylic acids is 1.